The van der Waals surface area contributed by atoms with E-state index in [0.29, 0.717) is 42.5 Å². The van der Waals surface area contributed by atoms with Crippen LogP contribution in [0.25, 0.3) is 4.72 Å². The molecule has 2 amide bonds. The number of benzene rings is 1. The number of amides is 2. The first-order valence-corrected chi connectivity index (χ1v) is 11.0. The van der Waals surface area contributed by atoms with Crippen LogP contribution in [-0.2, 0) is 28.4 Å². The Morgan fingerprint density at radius 3 is 2.67 bits per heavy atom. The number of urea groups is 1. The molecule has 0 spiro atoms. The molecule has 2 heterocycles. The van der Waals surface area contributed by atoms with Gasteiger partial charge in [-0.2, -0.15) is 5.10 Å². The molecule has 1 fully saturated rings. The summed E-state index contributed by atoms with van der Waals surface area (Å²) in [5, 5.41) is 6.98. The number of aromatic nitrogens is 2. The summed E-state index contributed by atoms with van der Waals surface area (Å²) in [7, 11) is -2.62. The molecule has 0 unspecified atom stereocenters. The van der Waals surface area contributed by atoms with Crippen LogP contribution in [0.3, 0.4) is 0 Å². The number of carbonyl (C=O) groups is 1. The van der Waals surface area contributed by atoms with E-state index in [1.165, 1.54) is 16.9 Å². The largest absolute Gasteiger partial charge is 1.00 e. The van der Waals surface area contributed by atoms with Gasteiger partial charge in [0.2, 0.25) is 0 Å². The summed E-state index contributed by atoms with van der Waals surface area (Å²) in [6, 6.07) is 3.68. The van der Waals surface area contributed by atoms with Crippen LogP contribution in [0, 0.1) is 0 Å². The molecule has 12 heteroatoms. The first kappa shape index (κ1) is 25.0. The Kier molecular flexibility index (Phi) is 9.01. The van der Waals surface area contributed by atoms with Crippen LogP contribution >= 0.6 is 11.6 Å². The van der Waals surface area contributed by atoms with Crippen molar-refractivity contribution >= 4 is 39.2 Å². The average molecular weight is 464 g/mol. The number of hydrogen-bond acceptors (Lipinski definition) is 5. The minimum absolute atomic E-state index is 0. The zero-order valence-electron chi connectivity index (χ0n) is 17.2. The molecule has 1 aliphatic rings. The Hall–Kier alpha value is -1.30. The minimum atomic E-state index is -4.30. The molecule has 3 rings (SSSR count). The van der Waals surface area contributed by atoms with Crippen molar-refractivity contribution in [1.82, 2.24) is 9.78 Å². The molecule has 1 aromatic carbocycles. The van der Waals surface area contributed by atoms with Crippen molar-refractivity contribution in [2.75, 3.05) is 22.8 Å². The van der Waals surface area contributed by atoms with Gasteiger partial charge in [-0.3, -0.25) is 13.8 Å². The van der Waals surface area contributed by atoms with E-state index in [-0.39, 0.29) is 35.6 Å². The van der Waals surface area contributed by atoms with E-state index < -0.39 is 16.2 Å². The summed E-state index contributed by atoms with van der Waals surface area (Å²) in [5.41, 5.74) is 1.65. The van der Waals surface area contributed by atoms with Crippen molar-refractivity contribution in [2.24, 2.45) is 7.05 Å². The summed E-state index contributed by atoms with van der Waals surface area (Å²) in [6.07, 6.45) is 4.73. The summed E-state index contributed by atoms with van der Waals surface area (Å²) in [4.78, 5) is 12.4. The molecule has 1 saturated heterocycles. The minimum Gasteiger partial charge on any atom is -0.423 e. The van der Waals surface area contributed by atoms with Crippen LogP contribution in [-0.4, -0.2) is 43.5 Å². The number of halogens is 1. The maximum absolute atomic E-state index is 13.0. The average Bonchev–Trinajstić information content (AvgIpc) is 3.06. The Balaban J connectivity index is 0.00000320. The summed E-state index contributed by atoms with van der Waals surface area (Å²) >= 11 is 6.05. The molecule has 1 aromatic heterocycles. The molecule has 0 saturated carbocycles. The van der Waals surface area contributed by atoms with Crippen LogP contribution in [0.2, 0.25) is 5.02 Å². The molecule has 2 aromatic rings. The number of carbonyl (C=O) groups excluding carboxylic acids is 1. The van der Waals surface area contributed by atoms with Gasteiger partial charge in [-0.25, -0.2) is 8.42 Å². The molecule has 158 valence electrons. The van der Waals surface area contributed by atoms with Gasteiger partial charge in [-0.05, 0) is 42.6 Å². The number of hydrogen-bond donors (Lipinski definition) is 1. The van der Waals surface area contributed by atoms with Crippen LogP contribution < -0.4 is 39.2 Å². The van der Waals surface area contributed by atoms with E-state index in [2.05, 4.69) is 15.1 Å². The predicted molar refractivity (Wildman–Crippen MR) is 112 cm³/mol. The fourth-order valence-corrected chi connectivity index (χ4v) is 4.75. The molecule has 0 radical (unpaired) electrons. The number of aryl methyl sites for hydroxylation is 2. The second-order valence-electron chi connectivity index (χ2n) is 6.71. The third-order valence-electron chi connectivity index (χ3n) is 4.53. The molecule has 1 N–H and O–H groups in total. The van der Waals surface area contributed by atoms with Crippen molar-refractivity contribution in [1.29, 1.82) is 0 Å². The van der Waals surface area contributed by atoms with Crippen molar-refractivity contribution < 1.29 is 47.5 Å². The first-order valence-electron chi connectivity index (χ1n) is 9.22. The number of ether oxygens (including phenoxy) is 1. The van der Waals surface area contributed by atoms with Crippen LogP contribution in [0.5, 0.6) is 0 Å². The fraction of sp³-hybridized carbons (Fsp3) is 0.444. The van der Waals surface area contributed by atoms with Crippen molar-refractivity contribution in [2.45, 2.75) is 32.2 Å². The number of rotatable bonds is 6. The number of anilines is 2. The smallest absolute Gasteiger partial charge is 0.423 e. The molecule has 9 nitrogen and oxygen atoms in total. The van der Waals surface area contributed by atoms with Gasteiger partial charge in [-0.1, -0.05) is 24.6 Å². The van der Waals surface area contributed by atoms with Crippen LogP contribution in [0.4, 0.5) is 16.2 Å². The quantitative estimate of drug-likeness (QED) is 0.627. The van der Waals surface area contributed by atoms with E-state index in [1.54, 1.807) is 25.4 Å². The number of nitrogens with zero attached hydrogens (tertiary/aromatic N) is 4. The van der Waals surface area contributed by atoms with Crippen LogP contribution in [0.1, 0.15) is 25.3 Å². The van der Waals surface area contributed by atoms with Gasteiger partial charge in [0.05, 0.1) is 11.9 Å². The van der Waals surface area contributed by atoms with E-state index in [1.807, 2.05) is 6.92 Å². The standard InChI is InChI=1S/C18H24ClN5O4S.Na/c1-3-13-8-14(19)10-15(9-13)21-18(25)22-29(26,27)24(16-4-6-28-7-5-16)17-11-20-23(2)12-17;/h8-12,16H,3-7H2,1-2H3,(H2,21,22,25);/q;+1/p-1. The molecule has 0 bridgehead atoms. The summed E-state index contributed by atoms with van der Waals surface area (Å²) < 4.78 is 37.5. The van der Waals surface area contributed by atoms with Gasteiger partial charge in [0, 0.05) is 37.5 Å². The Morgan fingerprint density at radius 2 is 2.07 bits per heavy atom. The molecule has 0 aliphatic carbocycles. The van der Waals surface area contributed by atoms with Gasteiger partial charge in [0.15, 0.2) is 6.03 Å². The maximum atomic E-state index is 13.0. The first-order chi connectivity index (χ1) is 13.8. The van der Waals surface area contributed by atoms with E-state index in [0.717, 1.165) is 16.3 Å². The second kappa shape index (κ2) is 10.8. The molecular formula is C18H23ClN5NaO4S. The van der Waals surface area contributed by atoms with E-state index >= 15 is 0 Å². The maximum Gasteiger partial charge on any atom is 1.00 e. The Labute approximate surface area is 203 Å². The number of nitrogens with one attached hydrogen (secondary N) is 1. The fourth-order valence-electron chi connectivity index (χ4n) is 3.20. The van der Waals surface area contributed by atoms with Gasteiger partial charge in [-0.15, -0.1) is 0 Å². The topological polar surface area (TPSA) is 108 Å². The van der Waals surface area contributed by atoms with E-state index in [9.17, 15) is 13.2 Å². The molecule has 0 atom stereocenters. The van der Waals surface area contributed by atoms with E-state index in [4.69, 9.17) is 16.3 Å². The third-order valence-corrected chi connectivity index (χ3v) is 6.15. The van der Waals surface area contributed by atoms with Crippen molar-refractivity contribution in [3.05, 3.63) is 45.9 Å². The normalized spacial score (nSPS) is 14.6. The van der Waals surface area contributed by atoms with Gasteiger partial charge < -0.3 is 14.8 Å². The molecule has 1 aliphatic heterocycles. The van der Waals surface area contributed by atoms with Crippen molar-refractivity contribution in [3.8, 4) is 0 Å². The SMILES string of the molecule is CCc1cc(Cl)cc(NC(=O)[N-]S(=O)(=O)N(c2cnn(C)c2)C2CCOCC2)c1.[Na+]. The zero-order valence-corrected chi connectivity index (χ0v) is 20.8. The Morgan fingerprint density at radius 1 is 1.37 bits per heavy atom. The van der Waals surface area contributed by atoms with Gasteiger partial charge in [0.25, 0.3) is 10.2 Å². The third kappa shape index (κ3) is 6.35. The van der Waals surface area contributed by atoms with Gasteiger partial charge in [0.1, 0.15) is 0 Å². The molecule has 30 heavy (non-hydrogen) atoms. The zero-order chi connectivity index (χ0) is 21.0. The van der Waals surface area contributed by atoms with Crippen molar-refractivity contribution in [3.63, 3.8) is 0 Å². The molecular weight excluding hydrogens is 441 g/mol. The summed E-state index contributed by atoms with van der Waals surface area (Å²) in [6.45, 7) is 2.82. The van der Waals surface area contributed by atoms with Gasteiger partial charge >= 0.3 is 29.6 Å². The Bertz CT molecular complexity index is 979. The predicted octanol–water partition coefficient (Wildman–Crippen LogP) is 0.476. The monoisotopic (exact) mass is 463 g/mol. The summed E-state index contributed by atoms with van der Waals surface area (Å²) in [5.74, 6) is 0. The second-order valence-corrected chi connectivity index (χ2v) is 8.62. The van der Waals surface area contributed by atoms with Crippen LogP contribution in [0.15, 0.2) is 30.6 Å².